The molecule has 0 amide bonds. The average Bonchev–Trinajstić information content (AvgIpc) is 3.46. The van der Waals surface area contributed by atoms with Gasteiger partial charge in [-0.05, 0) is 116 Å². The molecular weight excluding hydrogens is 997 g/mol. The lowest BCUT2D eigenvalue weighted by Gasteiger charge is -2.18. The number of carbonyl (C=O) groups is 3. The monoisotopic (exact) mass is 1130 g/mol. The average molecular weight is 1130 g/mol. The van der Waals surface area contributed by atoms with E-state index in [-0.39, 0.29) is 31.1 Å². The molecule has 0 aromatic heterocycles. The van der Waals surface area contributed by atoms with Gasteiger partial charge in [-0.15, -0.1) is 0 Å². The molecule has 0 bridgehead atoms. The second-order valence-electron chi connectivity index (χ2n) is 23.4. The fourth-order valence-corrected chi connectivity index (χ4v) is 10.1. The Morgan fingerprint density at radius 2 is 0.481 bits per heavy atom. The molecule has 0 saturated heterocycles. The van der Waals surface area contributed by atoms with E-state index in [1.807, 2.05) is 0 Å². The van der Waals surface area contributed by atoms with Gasteiger partial charge in [-0.25, -0.2) is 0 Å². The predicted molar refractivity (Wildman–Crippen MR) is 353 cm³/mol. The molecule has 0 fully saturated rings. The first kappa shape index (κ1) is 77.6. The van der Waals surface area contributed by atoms with Gasteiger partial charge in [-0.3, -0.25) is 14.4 Å². The van der Waals surface area contributed by atoms with E-state index in [9.17, 15) is 14.4 Å². The van der Waals surface area contributed by atoms with Crippen molar-refractivity contribution in [1.29, 1.82) is 0 Å². The summed E-state index contributed by atoms with van der Waals surface area (Å²) < 4.78 is 16.9. The van der Waals surface area contributed by atoms with Crippen LogP contribution in [0.25, 0.3) is 0 Å². The first-order valence-corrected chi connectivity index (χ1v) is 35.1. The normalized spacial score (nSPS) is 12.6. The molecule has 0 spiro atoms. The van der Waals surface area contributed by atoms with Crippen molar-refractivity contribution in [1.82, 2.24) is 0 Å². The molecule has 0 heterocycles. The highest BCUT2D eigenvalue weighted by molar-refractivity contribution is 5.71. The van der Waals surface area contributed by atoms with Gasteiger partial charge < -0.3 is 14.2 Å². The van der Waals surface area contributed by atoms with Gasteiger partial charge in [-0.2, -0.15) is 0 Å². The maximum atomic E-state index is 12.9. The van der Waals surface area contributed by atoms with E-state index in [1.54, 1.807) is 0 Å². The minimum Gasteiger partial charge on any atom is -0.462 e. The molecule has 6 heteroatoms. The van der Waals surface area contributed by atoms with E-state index < -0.39 is 6.10 Å². The fraction of sp³-hybridized carbons (Fsp3) is 0.773. The van der Waals surface area contributed by atoms with Gasteiger partial charge in [0, 0.05) is 19.3 Å². The maximum absolute atomic E-state index is 12.9. The SMILES string of the molecule is CC/C=C\C/C=C\C/C=C\C/C=C\CCCCCCCCC(=O)OC(COC(=O)CCCCCCC/C=C\CCCCCC)COC(=O)CCCCCCCCCCCCCCCCCCCCC/C=C\C/C=C\CCCCCCC. The van der Waals surface area contributed by atoms with Crippen molar-refractivity contribution in [2.24, 2.45) is 0 Å². The lowest BCUT2D eigenvalue weighted by atomic mass is 10.0. The summed E-state index contributed by atoms with van der Waals surface area (Å²) in [7, 11) is 0. The van der Waals surface area contributed by atoms with Gasteiger partial charge >= 0.3 is 17.9 Å². The van der Waals surface area contributed by atoms with Crippen LogP contribution in [0.5, 0.6) is 0 Å². The predicted octanol–water partition coefficient (Wildman–Crippen LogP) is 24.2. The summed E-state index contributed by atoms with van der Waals surface area (Å²) in [5, 5.41) is 0. The number of ether oxygens (including phenoxy) is 3. The Labute approximate surface area is 503 Å². The van der Waals surface area contributed by atoms with Gasteiger partial charge in [0.2, 0.25) is 0 Å². The Hall–Kier alpha value is -3.41. The minimum absolute atomic E-state index is 0.0822. The summed E-state index contributed by atoms with van der Waals surface area (Å²) in [4.78, 5) is 38.4. The summed E-state index contributed by atoms with van der Waals surface area (Å²) in [5.41, 5.74) is 0. The zero-order valence-corrected chi connectivity index (χ0v) is 53.8. The van der Waals surface area contributed by atoms with Crippen LogP contribution < -0.4 is 0 Å². The van der Waals surface area contributed by atoms with Crippen molar-refractivity contribution in [2.45, 2.75) is 361 Å². The number of carbonyl (C=O) groups excluding carboxylic acids is 3. The molecule has 0 radical (unpaired) electrons. The third kappa shape index (κ3) is 67.3. The minimum atomic E-state index is -0.788. The van der Waals surface area contributed by atoms with E-state index in [2.05, 4.69) is 106 Å². The van der Waals surface area contributed by atoms with Gasteiger partial charge in [0.15, 0.2) is 6.10 Å². The van der Waals surface area contributed by atoms with Crippen molar-refractivity contribution < 1.29 is 28.6 Å². The Kier molecular flexibility index (Phi) is 66.2. The quantitative estimate of drug-likeness (QED) is 0.0261. The zero-order chi connectivity index (χ0) is 58.5. The number of rotatable bonds is 64. The van der Waals surface area contributed by atoms with E-state index in [1.165, 1.54) is 205 Å². The molecule has 0 N–H and O–H groups in total. The van der Waals surface area contributed by atoms with Crippen LogP contribution in [0.4, 0.5) is 0 Å². The number of unbranched alkanes of at least 4 members (excludes halogenated alkanes) is 39. The molecule has 0 aromatic rings. The largest absolute Gasteiger partial charge is 0.462 e. The summed E-state index contributed by atoms with van der Waals surface area (Å²) in [6.45, 7) is 6.52. The molecule has 0 aliphatic rings. The van der Waals surface area contributed by atoms with Crippen LogP contribution in [-0.4, -0.2) is 37.2 Å². The highest BCUT2D eigenvalue weighted by Gasteiger charge is 2.19. The van der Waals surface area contributed by atoms with Crippen LogP contribution in [0.1, 0.15) is 355 Å². The topological polar surface area (TPSA) is 78.9 Å². The van der Waals surface area contributed by atoms with Crippen molar-refractivity contribution in [2.75, 3.05) is 13.2 Å². The van der Waals surface area contributed by atoms with Crippen molar-refractivity contribution in [3.05, 3.63) is 85.1 Å². The Balaban J connectivity index is 4.21. The van der Waals surface area contributed by atoms with Gasteiger partial charge in [0.25, 0.3) is 0 Å². The highest BCUT2D eigenvalue weighted by Crippen LogP contribution is 2.17. The lowest BCUT2D eigenvalue weighted by molar-refractivity contribution is -0.167. The standard InChI is InChI=1S/C75H132O6/c1-4-7-10-13-16-19-22-25-27-29-31-32-33-34-35-36-37-38-39-40-41-42-44-45-47-50-53-56-59-62-65-68-74(77)80-71-72(70-79-73(76)67-64-61-58-55-52-49-24-21-18-15-12-9-6-3)81-75(78)69-66-63-60-57-54-51-48-46-43-30-28-26-23-20-17-14-11-8-5-2/h8,11,17,20-22,24-26,28-29,31,43,46,72H,4-7,9-10,12-16,18-19,23,27,30,32-42,44-45,47-71H2,1-3H3/b11-8-,20-17-,24-21-,25-22-,28-26-,31-29-,46-43-. The number of hydrogen-bond donors (Lipinski definition) is 0. The zero-order valence-electron chi connectivity index (χ0n) is 53.8. The molecule has 0 aliphatic heterocycles. The number of esters is 3. The van der Waals surface area contributed by atoms with Gasteiger partial charge in [-0.1, -0.05) is 305 Å². The van der Waals surface area contributed by atoms with Crippen LogP contribution in [0, 0.1) is 0 Å². The first-order valence-electron chi connectivity index (χ1n) is 35.1. The molecule has 0 rings (SSSR count). The Bertz CT molecular complexity index is 1530. The Morgan fingerprint density at radius 1 is 0.259 bits per heavy atom. The van der Waals surface area contributed by atoms with Crippen LogP contribution >= 0.6 is 0 Å². The van der Waals surface area contributed by atoms with Crippen LogP contribution in [-0.2, 0) is 28.6 Å². The summed E-state index contributed by atoms with van der Waals surface area (Å²) in [5.74, 6) is -0.889. The molecule has 468 valence electrons. The molecular formula is C75H132O6. The summed E-state index contributed by atoms with van der Waals surface area (Å²) >= 11 is 0. The van der Waals surface area contributed by atoms with Crippen LogP contribution in [0.15, 0.2) is 85.1 Å². The van der Waals surface area contributed by atoms with Gasteiger partial charge in [0.1, 0.15) is 13.2 Å². The molecule has 6 nitrogen and oxygen atoms in total. The van der Waals surface area contributed by atoms with Gasteiger partial charge in [0.05, 0.1) is 0 Å². The van der Waals surface area contributed by atoms with Crippen molar-refractivity contribution >= 4 is 17.9 Å². The van der Waals surface area contributed by atoms with E-state index in [0.29, 0.717) is 19.3 Å². The molecule has 0 aliphatic carbocycles. The molecule has 81 heavy (non-hydrogen) atoms. The van der Waals surface area contributed by atoms with Crippen molar-refractivity contribution in [3.63, 3.8) is 0 Å². The van der Waals surface area contributed by atoms with Crippen LogP contribution in [0.3, 0.4) is 0 Å². The summed E-state index contributed by atoms with van der Waals surface area (Å²) in [6.07, 6.45) is 91.9. The van der Waals surface area contributed by atoms with E-state index >= 15 is 0 Å². The number of allylic oxidation sites excluding steroid dienone is 14. The lowest BCUT2D eigenvalue weighted by Crippen LogP contribution is -2.30. The van der Waals surface area contributed by atoms with Crippen molar-refractivity contribution in [3.8, 4) is 0 Å². The molecule has 1 atom stereocenters. The molecule has 0 aromatic carbocycles. The highest BCUT2D eigenvalue weighted by atomic mass is 16.6. The molecule has 0 saturated carbocycles. The number of hydrogen-bond acceptors (Lipinski definition) is 6. The third-order valence-electron chi connectivity index (χ3n) is 15.4. The second-order valence-corrected chi connectivity index (χ2v) is 23.4. The van der Waals surface area contributed by atoms with E-state index in [4.69, 9.17) is 14.2 Å². The Morgan fingerprint density at radius 3 is 0.778 bits per heavy atom. The third-order valence-corrected chi connectivity index (χ3v) is 15.4. The first-order chi connectivity index (χ1) is 40.0. The maximum Gasteiger partial charge on any atom is 0.306 e. The second kappa shape index (κ2) is 69.1. The summed E-state index contributed by atoms with van der Waals surface area (Å²) in [6, 6.07) is 0. The van der Waals surface area contributed by atoms with Crippen LogP contribution in [0.2, 0.25) is 0 Å². The fourth-order valence-electron chi connectivity index (χ4n) is 10.1. The molecule has 1 unspecified atom stereocenters. The van der Waals surface area contributed by atoms with E-state index in [0.717, 1.165) is 109 Å². The smallest absolute Gasteiger partial charge is 0.306 e.